The number of alkyl carbamates (subject to hydrolysis) is 2. The number of nitrogens with one attached hydrogen (secondary N) is 2. The smallest absolute Gasteiger partial charge is 0.407 e. The lowest BCUT2D eigenvalue weighted by molar-refractivity contribution is 0.00311. The van der Waals surface area contributed by atoms with Gasteiger partial charge in [-0.1, -0.05) is 136 Å². The molecule has 0 aliphatic heterocycles. The molecule has 7 heteroatoms. The average Bonchev–Trinajstić information content (AvgIpc) is 3.03. The van der Waals surface area contributed by atoms with Gasteiger partial charge in [0.05, 0.1) is 0 Å². The maximum atomic E-state index is 12.4. The van der Waals surface area contributed by atoms with Gasteiger partial charge < -0.3 is 25.0 Å². The fourth-order valence-corrected chi connectivity index (χ4v) is 6.23. The minimum atomic E-state index is -0.360. The zero-order valence-electron chi connectivity index (χ0n) is 28.8. The van der Waals surface area contributed by atoms with E-state index in [0.29, 0.717) is 26.3 Å². The Labute approximate surface area is 266 Å². The summed E-state index contributed by atoms with van der Waals surface area (Å²) < 4.78 is 11.2. The van der Waals surface area contributed by atoms with Crippen molar-refractivity contribution < 1.29 is 19.1 Å². The summed E-state index contributed by atoms with van der Waals surface area (Å²) in [5.74, 6) is 0. The number of hydrogen-bond donors (Lipinski definition) is 2. The average molecular weight is 610 g/mol. The Hall–Kier alpha value is -1.50. The fraction of sp³-hybridized carbons (Fsp3) is 0.944. The van der Waals surface area contributed by atoms with E-state index in [4.69, 9.17) is 9.47 Å². The highest BCUT2D eigenvalue weighted by atomic mass is 16.6. The van der Waals surface area contributed by atoms with Crippen LogP contribution in [0.4, 0.5) is 9.59 Å². The van der Waals surface area contributed by atoms with Crippen LogP contribution in [0, 0.1) is 5.41 Å². The van der Waals surface area contributed by atoms with Crippen LogP contribution in [-0.2, 0) is 9.47 Å². The molecule has 43 heavy (non-hydrogen) atoms. The number of carbonyl (C=O) groups is 2. The molecule has 1 fully saturated rings. The minimum Gasteiger partial charge on any atom is -0.449 e. The number of amides is 2. The number of unbranched alkanes of at least 4 members (excludes halogenated alkanes) is 16. The summed E-state index contributed by atoms with van der Waals surface area (Å²) in [6.07, 6.45) is 28.0. The van der Waals surface area contributed by atoms with Crippen LogP contribution >= 0.6 is 0 Å². The van der Waals surface area contributed by atoms with Gasteiger partial charge in [-0.05, 0) is 51.7 Å². The van der Waals surface area contributed by atoms with Crippen molar-refractivity contribution in [2.45, 2.75) is 168 Å². The second-order valence-electron chi connectivity index (χ2n) is 13.1. The summed E-state index contributed by atoms with van der Waals surface area (Å²) in [6, 6.07) is 0. The standard InChI is InChI=1S/C36H71N3O4/c1-4-7-8-9-10-11-12-13-14-15-16-17-18-19-20-24-29-37-34(40)42-32-36(27-22-21-23-28-36)33-43-35(41)38-30-25-26-31-39(5-2)6-3/h4-33H2,1-3H3,(H,37,40)(H,38,41). The molecule has 7 nitrogen and oxygen atoms in total. The summed E-state index contributed by atoms with van der Waals surface area (Å²) in [5.41, 5.74) is -0.260. The summed E-state index contributed by atoms with van der Waals surface area (Å²) in [7, 11) is 0. The van der Waals surface area contributed by atoms with Gasteiger partial charge in [0.25, 0.3) is 0 Å². The molecule has 0 aromatic heterocycles. The molecule has 0 atom stereocenters. The van der Waals surface area contributed by atoms with Crippen LogP contribution in [0.2, 0.25) is 0 Å². The predicted octanol–water partition coefficient (Wildman–Crippen LogP) is 9.77. The molecule has 0 aromatic carbocycles. The van der Waals surface area contributed by atoms with Crippen LogP contribution in [-0.4, -0.2) is 63.0 Å². The lowest BCUT2D eigenvalue weighted by atomic mass is 9.75. The van der Waals surface area contributed by atoms with Crippen molar-refractivity contribution in [3.05, 3.63) is 0 Å². The normalized spacial score (nSPS) is 14.5. The largest absolute Gasteiger partial charge is 0.449 e. The van der Waals surface area contributed by atoms with Crippen molar-refractivity contribution in [3.63, 3.8) is 0 Å². The Morgan fingerprint density at radius 1 is 0.558 bits per heavy atom. The number of hydrogen-bond acceptors (Lipinski definition) is 5. The number of carbonyl (C=O) groups excluding carboxylic acids is 2. The monoisotopic (exact) mass is 610 g/mol. The Kier molecular flexibility index (Phi) is 25.7. The summed E-state index contributed by atoms with van der Waals surface area (Å²) >= 11 is 0. The van der Waals surface area contributed by atoms with Crippen LogP contribution in [0.3, 0.4) is 0 Å². The van der Waals surface area contributed by atoms with Crippen molar-refractivity contribution in [1.82, 2.24) is 15.5 Å². The highest BCUT2D eigenvalue weighted by molar-refractivity contribution is 5.67. The molecule has 0 unspecified atom stereocenters. The Morgan fingerprint density at radius 3 is 1.37 bits per heavy atom. The van der Waals surface area contributed by atoms with Crippen LogP contribution in [0.25, 0.3) is 0 Å². The van der Waals surface area contributed by atoms with E-state index in [2.05, 4.69) is 36.3 Å². The van der Waals surface area contributed by atoms with Gasteiger partial charge in [0.1, 0.15) is 13.2 Å². The Bertz CT molecular complexity index is 650. The third-order valence-electron chi connectivity index (χ3n) is 9.30. The first-order chi connectivity index (χ1) is 21.0. The molecule has 0 heterocycles. The third kappa shape index (κ3) is 22.6. The van der Waals surface area contributed by atoms with Crippen LogP contribution in [0.15, 0.2) is 0 Å². The van der Waals surface area contributed by atoms with Crippen LogP contribution < -0.4 is 10.6 Å². The molecule has 1 rings (SSSR count). The van der Waals surface area contributed by atoms with E-state index in [1.165, 1.54) is 96.3 Å². The third-order valence-corrected chi connectivity index (χ3v) is 9.30. The van der Waals surface area contributed by atoms with Gasteiger partial charge in [-0.3, -0.25) is 0 Å². The van der Waals surface area contributed by atoms with Gasteiger partial charge in [-0.2, -0.15) is 0 Å². The molecule has 2 amide bonds. The summed E-state index contributed by atoms with van der Waals surface area (Å²) in [4.78, 5) is 27.1. The molecule has 0 saturated heterocycles. The second-order valence-corrected chi connectivity index (χ2v) is 13.1. The van der Waals surface area contributed by atoms with Gasteiger partial charge >= 0.3 is 12.2 Å². The zero-order valence-corrected chi connectivity index (χ0v) is 28.8. The Balaban J connectivity index is 2.04. The summed E-state index contributed by atoms with van der Waals surface area (Å²) in [5, 5.41) is 5.81. The fourth-order valence-electron chi connectivity index (χ4n) is 6.23. The maximum absolute atomic E-state index is 12.4. The second kappa shape index (κ2) is 28.0. The van der Waals surface area contributed by atoms with Gasteiger partial charge in [-0.25, -0.2) is 9.59 Å². The van der Waals surface area contributed by atoms with Gasteiger partial charge in [0, 0.05) is 18.5 Å². The van der Waals surface area contributed by atoms with E-state index in [1.54, 1.807) is 0 Å². The number of ether oxygens (including phenoxy) is 2. The summed E-state index contributed by atoms with van der Waals surface area (Å²) in [6.45, 7) is 11.7. The highest BCUT2D eigenvalue weighted by Crippen LogP contribution is 2.37. The van der Waals surface area contributed by atoms with E-state index < -0.39 is 0 Å². The molecule has 2 N–H and O–H groups in total. The van der Waals surface area contributed by atoms with Crippen molar-refractivity contribution in [3.8, 4) is 0 Å². The minimum absolute atomic E-state index is 0.260. The van der Waals surface area contributed by atoms with Crippen molar-refractivity contribution in [2.75, 3.05) is 45.9 Å². The molecule has 1 saturated carbocycles. The van der Waals surface area contributed by atoms with Crippen LogP contribution in [0.5, 0.6) is 0 Å². The van der Waals surface area contributed by atoms with Gasteiger partial charge in [0.15, 0.2) is 0 Å². The van der Waals surface area contributed by atoms with E-state index in [1.807, 2.05) is 0 Å². The number of nitrogens with zero attached hydrogens (tertiary/aromatic N) is 1. The van der Waals surface area contributed by atoms with Gasteiger partial charge in [-0.15, -0.1) is 0 Å². The van der Waals surface area contributed by atoms with Gasteiger partial charge in [0.2, 0.25) is 0 Å². The molecule has 0 radical (unpaired) electrons. The molecule has 0 spiro atoms. The Morgan fingerprint density at radius 2 is 0.953 bits per heavy atom. The SMILES string of the molecule is CCCCCCCCCCCCCCCCCCNC(=O)OCC1(COC(=O)NCCCCN(CC)CC)CCCCC1. The highest BCUT2D eigenvalue weighted by Gasteiger charge is 2.35. The first-order valence-electron chi connectivity index (χ1n) is 18.6. The van der Waals surface area contributed by atoms with E-state index >= 15 is 0 Å². The molecule has 0 bridgehead atoms. The first kappa shape index (κ1) is 39.5. The maximum Gasteiger partial charge on any atom is 0.407 e. The van der Waals surface area contributed by atoms with E-state index in [9.17, 15) is 9.59 Å². The van der Waals surface area contributed by atoms with Crippen molar-refractivity contribution in [2.24, 2.45) is 5.41 Å². The predicted molar refractivity (Wildman–Crippen MR) is 181 cm³/mol. The van der Waals surface area contributed by atoms with E-state index in [0.717, 1.165) is 71.0 Å². The first-order valence-corrected chi connectivity index (χ1v) is 18.6. The van der Waals surface area contributed by atoms with Crippen LogP contribution in [0.1, 0.15) is 168 Å². The van der Waals surface area contributed by atoms with E-state index in [-0.39, 0.29) is 17.6 Å². The lowest BCUT2D eigenvalue weighted by Crippen LogP contribution is -2.39. The molecule has 254 valence electrons. The molecule has 0 aromatic rings. The van der Waals surface area contributed by atoms with Crippen molar-refractivity contribution >= 4 is 12.2 Å². The van der Waals surface area contributed by atoms with Crippen molar-refractivity contribution in [1.29, 1.82) is 0 Å². The quantitative estimate of drug-likeness (QED) is 0.0863. The topological polar surface area (TPSA) is 79.9 Å². The number of rotatable bonds is 28. The molecule has 1 aliphatic carbocycles. The molecular formula is C36H71N3O4. The molecule has 1 aliphatic rings. The zero-order chi connectivity index (χ0) is 31.3. The molecular weight excluding hydrogens is 538 g/mol. The lowest BCUT2D eigenvalue weighted by Gasteiger charge is -2.35.